The predicted octanol–water partition coefficient (Wildman–Crippen LogP) is 2.44. The van der Waals surface area contributed by atoms with Crippen LogP contribution >= 0.6 is 0 Å². The topological polar surface area (TPSA) is 43.8 Å². The second-order valence-electron chi connectivity index (χ2n) is 4.94. The third-order valence-electron chi connectivity index (χ3n) is 3.37. The van der Waals surface area contributed by atoms with Gasteiger partial charge in [0.1, 0.15) is 0 Å². The molecule has 1 aliphatic carbocycles. The average Bonchev–Trinajstić information content (AvgIpc) is 2.95. The van der Waals surface area contributed by atoms with Crippen molar-refractivity contribution in [2.24, 2.45) is 11.7 Å². The molecule has 1 aromatic rings. The monoisotopic (exact) mass is 207 g/mol. The Morgan fingerprint density at radius 3 is 2.60 bits per heavy atom. The first-order chi connectivity index (χ1) is 7.15. The molecule has 2 N–H and O–H groups in total. The Morgan fingerprint density at radius 1 is 1.47 bits per heavy atom. The van der Waals surface area contributed by atoms with Crippen molar-refractivity contribution in [3.05, 3.63) is 17.5 Å². The lowest BCUT2D eigenvalue weighted by atomic mass is 10.0. The van der Waals surface area contributed by atoms with Crippen LogP contribution in [0.1, 0.15) is 56.8 Å². The number of nitrogens with two attached hydrogens (primary N) is 1. The van der Waals surface area contributed by atoms with Crippen LogP contribution in [0.5, 0.6) is 0 Å². The van der Waals surface area contributed by atoms with E-state index in [0.717, 1.165) is 5.92 Å². The van der Waals surface area contributed by atoms with E-state index >= 15 is 0 Å². The van der Waals surface area contributed by atoms with Gasteiger partial charge < -0.3 is 5.73 Å². The minimum Gasteiger partial charge on any atom is -0.326 e. The molecule has 84 valence electrons. The lowest BCUT2D eigenvalue weighted by Crippen LogP contribution is -2.14. The summed E-state index contributed by atoms with van der Waals surface area (Å²) in [6.45, 7) is 7.31. The van der Waals surface area contributed by atoms with Crippen LogP contribution < -0.4 is 5.73 Å². The molecular weight excluding hydrogens is 186 g/mol. The van der Waals surface area contributed by atoms with Gasteiger partial charge in [0.05, 0.1) is 12.2 Å². The van der Waals surface area contributed by atoms with Crippen LogP contribution in [0.2, 0.25) is 0 Å². The molecular formula is C12H21N3. The van der Waals surface area contributed by atoms with Crippen molar-refractivity contribution in [1.82, 2.24) is 9.78 Å². The maximum Gasteiger partial charge on any atom is 0.0537 e. The maximum atomic E-state index is 5.74. The Morgan fingerprint density at radius 2 is 2.13 bits per heavy atom. The highest BCUT2D eigenvalue weighted by atomic mass is 15.3. The number of hydrogen-bond donors (Lipinski definition) is 1. The van der Waals surface area contributed by atoms with Crippen molar-refractivity contribution < 1.29 is 0 Å². The SMILES string of the molecule is CC(C)c1c(CN)cnn1C(C)C1CC1. The molecule has 0 amide bonds. The summed E-state index contributed by atoms with van der Waals surface area (Å²) in [5.41, 5.74) is 8.28. The minimum atomic E-state index is 0.507. The van der Waals surface area contributed by atoms with E-state index < -0.39 is 0 Å². The van der Waals surface area contributed by atoms with Crippen LogP contribution in [0.25, 0.3) is 0 Å². The zero-order valence-electron chi connectivity index (χ0n) is 9.90. The molecule has 0 bridgehead atoms. The summed E-state index contributed by atoms with van der Waals surface area (Å²) >= 11 is 0. The summed E-state index contributed by atoms with van der Waals surface area (Å²) in [5.74, 6) is 1.35. The smallest absolute Gasteiger partial charge is 0.0537 e. The van der Waals surface area contributed by atoms with Crippen molar-refractivity contribution in [2.75, 3.05) is 0 Å². The van der Waals surface area contributed by atoms with Crippen LogP contribution in [0, 0.1) is 5.92 Å². The molecule has 15 heavy (non-hydrogen) atoms. The lowest BCUT2D eigenvalue weighted by Gasteiger charge is -2.18. The Balaban J connectivity index is 2.32. The highest BCUT2D eigenvalue weighted by Gasteiger charge is 2.31. The summed E-state index contributed by atoms with van der Waals surface area (Å²) in [6.07, 6.45) is 4.65. The normalized spacial score (nSPS) is 18.5. The van der Waals surface area contributed by atoms with E-state index in [9.17, 15) is 0 Å². The molecule has 3 nitrogen and oxygen atoms in total. The second-order valence-corrected chi connectivity index (χ2v) is 4.94. The van der Waals surface area contributed by atoms with Gasteiger partial charge in [0.15, 0.2) is 0 Å². The van der Waals surface area contributed by atoms with Crippen LogP contribution in [-0.4, -0.2) is 9.78 Å². The van der Waals surface area contributed by atoms with Gasteiger partial charge in [0, 0.05) is 17.8 Å². The van der Waals surface area contributed by atoms with E-state index in [0.29, 0.717) is 18.5 Å². The maximum absolute atomic E-state index is 5.74. The third-order valence-corrected chi connectivity index (χ3v) is 3.37. The van der Waals surface area contributed by atoms with E-state index in [2.05, 4.69) is 30.6 Å². The van der Waals surface area contributed by atoms with Gasteiger partial charge in [0.2, 0.25) is 0 Å². The predicted molar refractivity (Wildman–Crippen MR) is 61.6 cm³/mol. The van der Waals surface area contributed by atoms with Gasteiger partial charge in [-0.1, -0.05) is 13.8 Å². The number of aromatic nitrogens is 2. The van der Waals surface area contributed by atoms with E-state index in [-0.39, 0.29) is 0 Å². The van der Waals surface area contributed by atoms with Gasteiger partial charge >= 0.3 is 0 Å². The van der Waals surface area contributed by atoms with Crippen LogP contribution in [0.15, 0.2) is 6.20 Å². The number of hydrogen-bond acceptors (Lipinski definition) is 2. The molecule has 0 saturated heterocycles. The van der Waals surface area contributed by atoms with Crippen molar-refractivity contribution >= 4 is 0 Å². The molecule has 2 rings (SSSR count). The second kappa shape index (κ2) is 3.97. The molecule has 0 aromatic carbocycles. The van der Waals surface area contributed by atoms with Crippen molar-refractivity contribution in [3.8, 4) is 0 Å². The molecule has 1 unspecified atom stereocenters. The Kier molecular flexibility index (Phi) is 2.83. The number of rotatable bonds is 4. The van der Waals surface area contributed by atoms with Gasteiger partial charge in [-0.05, 0) is 31.6 Å². The fourth-order valence-electron chi connectivity index (χ4n) is 2.30. The average molecular weight is 207 g/mol. The summed E-state index contributed by atoms with van der Waals surface area (Å²) in [7, 11) is 0. The van der Waals surface area contributed by atoms with Gasteiger partial charge in [-0.15, -0.1) is 0 Å². The third kappa shape index (κ3) is 1.93. The summed E-state index contributed by atoms with van der Waals surface area (Å²) in [4.78, 5) is 0. The van der Waals surface area contributed by atoms with Gasteiger partial charge in [-0.3, -0.25) is 4.68 Å². The number of nitrogens with zero attached hydrogens (tertiary/aromatic N) is 2. The standard InChI is InChI=1S/C12H21N3/c1-8(2)12-11(6-13)7-14-15(12)9(3)10-4-5-10/h7-10H,4-6,13H2,1-3H3. The first-order valence-electron chi connectivity index (χ1n) is 5.91. The zero-order chi connectivity index (χ0) is 11.0. The van der Waals surface area contributed by atoms with Crippen LogP contribution in [0.3, 0.4) is 0 Å². The molecule has 3 heteroatoms. The van der Waals surface area contributed by atoms with E-state index in [1.807, 2.05) is 6.20 Å². The molecule has 1 aromatic heterocycles. The summed E-state index contributed by atoms with van der Waals surface area (Å²) < 4.78 is 2.20. The molecule has 1 fully saturated rings. The fourth-order valence-corrected chi connectivity index (χ4v) is 2.30. The lowest BCUT2D eigenvalue weighted by molar-refractivity contribution is 0.418. The zero-order valence-corrected chi connectivity index (χ0v) is 9.90. The van der Waals surface area contributed by atoms with Crippen molar-refractivity contribution in [1.29, 1.82) is 0 Å². The van der Waals surface area contributed by atoms with E-state index in [4.69, 9.17) is 5.73 Å². The molecule has 1 aliphatic rings. The molecule has 0 radical (unpaired) electrons. The minimum absolute atomic E-state index is 0.507. The molecule has 1 saturated carbocycles. The summed E-state index contributed by atoms with van der Waals surface area (Å²) in [6, 6.07) is 0.544. The van der Waals surface area contributed by atoms with E-state index in [1.54, 1.807) is 0 Å². The highest BCUT2D eigenvalue weighted by molar-refractivity contribution is 5.21. The Hall–Kier alpha value is -0.830. The summed E-state index contributed by atoms with van der Waals surface area (Å²) in [5, 5.41) is 4.51. The molecule has 1 atom stereocenters. The largest absolute Gasteiger partial charge is 0.326 e. The molecule has 0 aliphatic heterocycles. The first-order valence-corrected chi connectivity index (χ1v) is 5.91. The van der Waals surface area contributed by atoms with Crippen LogP contribution in [0.4, 0.5) is 0 Å². The van der Waals surface area contributed by atoms with Crippen molar-refractivity contribution in [2.45, 2.75) is 52.1 Å². The Bertz CT molecular complexity index is 337. The van der Waals surface area contributed by atoms with Crippen LogP contribution in [-0.2, 0) is 6.54 Å². The first kappa shape index (κ1) is 10.7. The van der Waals surface area contributed by atoms with E-state index in [1.165, 1.54) is 24.1 Å². The fraction of sp³-hybridized carbons (Fsp3) is 0.750. The van der Waals surface area contributed by atoms with Gasteiger partial charge in [-0.25, -0.2) is 0 Å². The molecule has 0 spiro atoms. The highest BCUT2D eigenvalue weighted by Crippen LogP contribution is 2.40. The van der Waals surface area contributed by atoms with Crippen molar-refractivity contribution in [3.63, 3.8) is 0 Å². The molecule has 1 heterocycles. The Labute approximate surface area is 91.7 Å². The van der Waals surface area contributed by atoms with Gasteiger partial charge in [0.25, 0.3) is 0 Å². The quantitative estimate of drug-likeness (QED) is 0.824. The van der Waals surface area contributed by atoms with Gasteiger partial charge in [-0.2, -0.15) is 5.10 Å².